The molecule has 2 spiro atoms. The van der Waals surface area contributed by atoms with Crippen LogP contribution in [0.15, 0.2) is 121 Å². The van der Waals surface area contributed by atoms with Crippen LogP contribution in [0.25, 0.3) is 0 Å². The minimum Gasteiger partial charge on any atom is -0.508 e. The first-order valence-electron chi connectivity index (χ1n) is 23.4. The zero-order chi connectivity index (χ0) is 47.4. The molecule has 348 valence electrons. The van der Waals surface area contributed by atoms with Crippen LogP contribution in [0.5, 0.6) is 46.0 Å². The fraction of sp³-hybridized carbons (Fsp3) is 0.286. The van der Waals surface area contributed by atoms with Gasteiger partial charge in [0, 0.05) is 70.5 Å². The summed E-state index contributed by atoms with van der Waals surface area (Å²) in [5, 5.41) is 19.7. The van der Waals surface area contributed by atoms with E-state index < -0.39 is 23.1 Å². The molecule has 4 aliphatic rings. The van der Waals surface area contributed by atoms with Gasteiger partial charge in [0.15, 0.2) is 11.2 Å². The summed E-state index contributed by atoms with van der Waals surface area (Å²) in [5.41, 5.74) is 2.42. The lowest BCUT2D eigenvalue weighted by molar-refractivity contribution is -0.135. The van der Waals surface area contributed by atoms with E-state index in [0.29, 0.717) is 91.8 Å². The molecule has 12 heteroatoms. The molecule has 0 saturated carbocycles. The third-order valence-electron chi connectivity index (χ3n) is 12.8. The predicted octanol–water partition coefficient (Wildman–Crippen LogP) is 12.5. The minimum atomic E-state index is -1.26. The van der Waals surface area contributed by atoms with Gasteiger partial charge in [-0.15, -0.1) is 0 Å². The van der Waals surface area contributed by atoms with Crippen molar-refractivity contribution in [3.05, 3.63) is 166 Å². The summed E-state index contributed by atoms with van der Waals surface area (Å²) in [6.45, 7) is 4.31. The topological polar surface area (TPSA) is 164 Å². The van der Waals surface area contributed by atoms with Crippen LogP contribution in [-0.4, -0.2) is 34.1 Å². The van der Waals surface area contributed by atoms with Crippen LogP contribution in [0.4, 0.5) is 0 Å². The van der Waals surface area contributed by atoms with E-state index in [9.17, 15) is 29.4 Å². The molecule has 2 N–H and O–H groups in total. The standard InChI is InChI=1S/C36H40O7.C20H12O5/c1-3-5-7-9-11-17-33(37)40-25-19-21-29-31(23-25)42-32-24-26(41-34(38)18-12-10-8-6-4-2)20-22-30(32)36(29)28-16-14-13-15-27(28)35(39)43-36;21-11-5-7-15-17(9-11)24-18-10-12(22)6-8-16(18)20(15)14-4-2-1-3-13(14)19(23)25-20/h13-16,19-24H,3-12,17-18H2,1-2H3;1-10,21-22H. The number of rotatable bonds is 14. The maximum Gasteiger partial charge on any atom is 0.340 e. The molecule has 12 nitrogen and oxygen atoms in total. The third-order valence-corrected chi connectivity index (χ3v) is 12.8. The lowest BCUT2D eigenvalue weighted by Gasteiger charge is -2.36. The lowest BCUT2D eigenvalue weighted by Crippen LogP contribution is -2.33. The van der Waals surface area contributed by atoms with Crippen molar-refractivity contribution in [2.75, 3.05) is 0 Å². The Bertz CT molecular complexity index is 2790. The van der Waals surface area contributed by atoms with Crippen molar-refractivity contribution in [1.82, 2.24) is 0 Å². The Hall–Kier alpha value is -7.60. The van der Waals surface area contributed by atoms with Gasteiger partial charge in [-0.1, -0.05) is 102 Å². The zero-order valence-corrected chi connectivity index (χ0v) is 38.0. The van der Waals surface area contributed by atoms with Crippen LogP contribution >= 0.6 is 0 Å². The first kappa shape index (κ1) is 45.6. The Labute approximate surface area is 394 Å². The Morgan fingerprint density at radius 2 is 0.824 bits per heavy atom. The second-order valence-corrected chi connectivity index (χ2v) is 17.4. The molecule has 0 unspecified atom stereocenters. The summed E-state index contributed by atoms with van der Waals surface area (Å²) < 4.78 is 35.6. The van der Waals surface area contributed by atoms with Crippen LogP contribution in [0, 0.1) is 0 Å². The zero-order valence-electron chi connectivity index (χ0n) is 38.0. The fourth-order valence-electron chi connectivity index (χ4n) is 9.53. The van der Waals surface area contributed by atoms with Crippen LogP contribution in [0.2, 0.25) is 0 Å². The van der Waals surface area contributed by atoms with Gasteiger partial charge in [0.1, 0.15) is 46.0 Å². The quantitative estimate of drug-likeness (QED) is 0.0604. The van der Waals surface area contributed by atoms with Gasteiger partial charge in [0.25, 0.3) is 0 Å². The summed E-state index contributed by atoms with van der Waals surface area (Å²) in [7, 11) is 0. The van der Waals surface area contributed by atoms with E-state index in [2.05, 4.69) is 13.8 Å². The molecule has 0 fully saturated rings. The Kier molecular flexibility index (Phi) is 12.9. The average Bonchev–Trinajstić information content (AvgIpc) is 3.79. The molecule has 6 aromatic rings. The highest BCUT2D eigenvalue weighted by atomic mass is 16.6. The van der Waals surface area contributed by atoms with E-state index in [4.69, 9.17) is 28.4 Å². The van der Waals surface area contributed by atoms with Crippen molar-refractivity contribution in [3.8, 4) is 46.0 Å². The molecular formula is C56H52O12. The maximum atomic E-state index is 13.1. The van der Waals surface area contributed by atoms with Crippen molar-refractivity contribution in [2.24, 2.45) is 0 Å². The van der Waals surface area contributed by atoms with E-state index in [1.165, 1.54) is 24.3 Å². The second kappa shape index (κ2) is 19.3. The summed E-state index contributed by atoms with van der Waals surface area (Å²) in [4.78, 5) is 50.8. The monoisotopic (exact) mass is 916 g/mol. The van der Waals surface area contributed by atoms with Gasteiger partial charge in [-0.25, -0.2) is 9.59 Å². The molecule has 4 aliphatic heterocycles. The highest BCUT2D eigenvalue weighted by molar-refractivity contribution is 5.98. The van der Waals surface area contributed by atoms with Crippen LogP contribution in [0.1, 0.15) is 145 Å². The van der Waals surface area contributed by atoms with E-state index in [0.717, 1.165) is 64.2 Å². The first-order chi connectivity index (χ1) is 33.0. The molecule has 0 amide bonds. The Balaban J connectivity index is 0.000000194. The van der Waals surface area contributed by atoms with Gasteiger partial charge >= 0.3 is 23.9 Å². The number of aromatic hydroxyl groups is 2. The molecule has 0 saturated heterocycles. The van der Waals surface area contributed by atoms with Crippen molar-refractivity contribution in [1.29, 1.82) is 0 Å². The number of carbonyl (C=O) groups excluding carboxylic acids is 4. The number of ether oxygens (including phenoxy) is 6. The molecule has 0 radical (unpaired) electrons. The number of esters is 4. The van der Waals surface area contributed by atoms with Gasteiger partial charge in [0.2, 0.25) is 0 Å². The molecule has 0 aromatic heterocycles. The highest BCUT2D eigenvalue weighted by Crippen LogP contribution is 2.58. The number of benzene rings is 6. The number of phenolic OH excluding ortho intramolecular Hbond substituents is 2. The Morgan fingerprint density at radius 3 is 1.24 bits per heavy atom. The summed E-state index contributed by atoms with van der Waals surface area (Å²) in [6, 6.07) is 34.1. The first-order valence-corrected chi connectivity index (χ1v) is 23.4. The Morgan fingerprint density at radius 1 is 0.456 bits per heavy atom. The number of phenols is 2. The highest BCUT2D eigenvalue weighted by Gasteiger charge is 2.55. The molecule has 0 aliphatic carbocycles. The van der Waals surface area contributed by atoms with Crippen molar-refractivity contribution >= 4 is 23.9 Å². The number of fused-ring (bicyclic) bond motifs is 12. The van der Waals surface area contributed by atoms with Gasteiger partial charge < -0.3 is 38.6 Å². The summed E-state index contributed by atoms with van der Waals surface area (Å²) in [6.07, 6.45) is 11.1. The van der Waals surface area contributed by atoms with Gasteiger partial charge in [0.05, 0.1) is 11.1 Å². The maximum absolute atomic E-state index is 13.1. The van der Waals surface area contributed by atoms with Crippen molar-refractivity contribution in [2.45, 2.75) is 102 Å². The van der Waals surface area contributed by atoms with Crippen molar-refractivity contribution in [3.63, 3.8) is 0 Å². The van der Waals surface area contributed by atoms with Crippen LogP contribution in [-0.2, 0) is 30.3 Å². The second-order valence-electron chi connectivity index (χ2n) is 17.4. The average molecular weight is 917 g/mol. The molecule has 0 atom stereocenters. The molecule has 0 bridgehead atoms. The number of unbranched alkanes of at least 4 members (excludes halogenated alkanes) is 8. The SMILES string of the molecule is CCCCCCCC(=O)Oc1ccc2c(c1)Oc1cc(OC(=O)CCCCCCC)ccc1C21OC(=O)c2ccccc21.O=C1OC2(c3ccc(O)cc3Oc3cc(O)ccc32)c2ccccc21. The minimum absolute atomic E-state index is 0.0371. The van der Waals surface area contributed by atoms with E-state index in [1.807, 2.05) is 24.3 Å². The van der Waals surface area contributed by atoms with Crippen molar-refractivity contribution < 1.29 is 57.8 Å². The lowest BCUT2D eigenvalue weighted by atomic mass is 9.77. The molecule has 6 aromatic carbocycles. The number of carbonyl (C=O) groups is 4. The van der Waals surface area contributed by atoms with Gasteiger partial charge in [-0.05, 0) is 73.5 Å². The molecular weight excluding hydrogens is 865 g/mol. The van der Waals surface area contributed by atoms with E-state index in [1.54, 1.807) is 72.8 Å². The van der Waals surface area contributed by atoms with E-state index >= 15 is 0 Å². The van der Waals surface area contributed by atoms with Crippen LogP contribution in [0.3, 0.4) is 0 Å². The summed E-state index contributed by atoms with van der Waals surface area (Å²) in [5.74, 6) is 0.845. The smallest absolute Gasteiger partial charge is 0.340 e. The third kappa shape index (κ3) is 8.51. The normalized spacial score (nSPS) is 14.6. The molecule has 10 rings (SSSR count). The van der Waals surface area contributed by atoms with Gasteiger partial charge in [-0.2, -0.15) is 0 Å². The number of hydrogen-bond donors (Lipinski definition) is 2. The fourth-order valence-corrected chi connectivity index (χ4v) is 9.53. The predicted molar refractivity (Wildman–Crippen MR) is 251 cm³/mol. The molecule has 68 heavy (non-hydrogen) atoms. The van der Waals surface area contributed by atoms with Gasteiger partial charge in [-0.3, -0.25) is 9.59 Å². The van der Waals surface area contributed by atoms with E-state index in [-0.39, 0.29) is 23.4 Å². The van der Waals surface area contributed by atoms with Crippen LogP contribution < -0.4 is 18.9 Å². The largest absolute Gasteiger partial charge is 0.508 e. The number of hydrogen-bond acceptors (Lipinski definition) is 12. The molecule has 4 heterocycles. The summed E-state index contributed by atoms with van der Waals surface area (Å²) >= 11 is 0.